The van der Waals surface area contributed by atoms with Crippen LogP contribution in [0.4, 0.5) is 0 Å². The molecule has 0 saturated carbocycles. The van der Waals surface area contributed by atoms with E-state index in [2.05, 4.69) is 144 Å². The zero-order chi connectivity index (χ0) is 31.1. The molecule has 0 spiro atoms. The number of hydrogen-bond acceptors (Lipinski definition) is 3. The van der Waals surface area contributed by atoms with Gasteiger partial charge in [-0.1, -0.05) is 97.1 Å². The number of nitriles is 1. The fourth-order valence-electron chi connectivity index (χ4n) is 7.33. The number of furan rings is 1. The monoisotopic (exact) mass is 616 g/mol. The Labute approximate surface area is 273 Å². The van der Waals surface area contributed by atoms with Gasteiger partial charge in [-0.15, -0.1) is 11.3 Å². The fourth-order valence-corrected chi connectivity index (χ4v) is 8.41. The van der Waals surface area contributed by atoms with Gasteiger partial charge in [0, 0.05) is 41.7 Å². The summed E-state index contributed by atoms with van der Waals surface area (Å²) in [4.78, 5) is 0. The molecule has 3 nitrogen and oxygen atoms in total. The highest BCUT2D eigenvalue weighted by Crippen LogP contribution is 2.44. The molecule has 10 aromatic rings. The highest BCUT2D eigenvalue weighted by molar-refractivity contribution is 7.25. The Balaban J connectivity index is 1.25. The van der Waals surface area contributed by atoms with Crippen molar-refractivity contribution >= 4 is 75.3 Å². The molecule has 47 heavy (non-hydrogen) atoms. The third-order valence-electron chi connectivity index (χ3n) is 9.45. The normalized spacial score (nSPS) is 11.8. The highest BCUT2D eigenvalue weighted by Gasteiger charge is 2.21. The van der Waals surface area contributed by atoms with Gasteiger partial charge in [-0.25, -0.2) is 0 Å². The molecule has 218 valence electrons. The summed E-state index contributed by atoms with van der Waals surface area (Å²) in [5.74, 6) is 0. The van der Waals surface area contributed by atoms with E-state index in [1.165, 1.54) is 42.1 Å². The van der Waals surface area contributed by atoms with Crippen molar-refractivity contribution < 1.29 is 4.42 Å². The van der Waals surface area contributed by atoms with Gasteiger partial charge in [0.1, 0.15) is 6.07 Å². The lowest BCUT2D eigenvalue weighted by Crippen LogP contribution is -1.94. The Kier molecular flexibility index (Phi) is 5.51. The minimum atomic E-state index is 0.530. The smallest absolute Gasteiger partial charge is 0.159 e. The van der Waals surface area contributed by atoms with Gasteiger partial charge in [0.2, 0.25) is 0 Å². The molecule has 10 rings (SSSR count). The lowest BCUT2D eigenvalue weighted by molar-refractivity contribution is 0.665. The van der Waals surface area contributed by atoms with Crippen molar-refractivity contribution in [2.75, 3.05) is 0 Å². The zero-order valence-electron chi connectivity index (χ0n) is 25.1. The minimum Gasteiger partial charge on any atom is -0.452 e. The van der Waals surface area contributed by atoms with E-state index < -0.39 is 0 Å². The van der Waals surface area contributed by atoms with Crippen LogP contribution in [0.25, 0.3) is 91.9 Å². The summed E-state index contributed by atoms with van der Waals surface area (Å²) < 4.78 is 11.6. The van der Waals surface area contributed by atoms with Crippen LogP contribution in [0.5, 0.6) is 0 Å². The summed E-state index contributed by atoms with van der Waals surface area (Å²) in [5, 5.41) is 17.0. The molecule has 3 aromatic heterocycles. The van der Waals surface area contributed by atoms with Crippen molar-refractivity contribution in [1.29, 1.82) is 5.26 Å². The molecule has 0 atom stereocenters. The van der Waals surface area contributed by atoms with Crippen molar-refractivity contribution in [3.05, 3.63) is 151 Å². The van der Waals surface area contributed by atoms with Crippen molar-refractivity contribution in [3.63, 3.8) is 0 Å². The van der Waals surface area contributed by atoms with Gasteiger partial charge in [0.15, 0.2) is 11.2 Å². The average Bonchev–Trinajstić information content (AvgIpc) is 3.81. The van der Waals surface area contributed by atoms with Gasteiger partial charge >= 0.3 is 0 Å². The minimum absolute atomic E-state index is 0.530. The molecular formula is C43H24N2OS. The first-order chi connectivity index (χ1) is 23.3. The SMILES string of the molecule is N#Cc1ccc(-c2ccc3sc4ccccc4c3c2)c2c1oc1c(-n3c4ccccc4c4cc(-c5ccccc5)ccc43)cccc12. The number of thiophene rings is 1. The largest absolute Gasteiger partial charge is 0.452 e. The van der Waals surface area contributed by atoms with Crippen LogP contribution in [0.3, 0.4) is 0 Å². The van der Waals surface area contributed by atoms with E-state index in [9.17, 15) is 5.26 Å². The number of para-hydroxylation sites is 2. The predicted molar refractivity (Wildman–Crippen MR) is 197 cm³/mol. The first-order valence-electron chi connectivity index (χ1n) is 15.7. The lowest BCUT2D eigenvalue weighted by Gasteiger charge is -2.09. The second kappa shape index (κ2) is 9.92. The van der Waals surface area contributed by atoms with Crippen LogP contribution in [-0.2, 0) is 0 Å². The Hall–Kier alpha value is -6.15. The molecule has 0 aliphatic heterocycles. The average molecular weight is 617 g/mol. The maximum absolute atomic E-state index is 10.2. The molecule has 0 radical (unpaired) electrons. The van der Waals surface area contributed by atoms with Gasteiger partial charge in [0.05, 0.1) is 22.3 Å². The van der Waals surface area contributed by atoms with Crippen LogP contribution in [0.2, 0.25) is 0 Å². The maximum Gasteiger partial charge on any atom is 0.159 e. The predicted octanol–water partition coefficient (Wildman–Crippen LogP) is 12.3. The van der Waals surface area contributed by atoms with Gasteiger partial charge in [0.25, 0.3) is 0 Å². The summed E-state index contributed by atoms with van der Waals surface area (Å²) in [5.41, 5.74) is 9.62. The zero-order valence-corrected chi connectivity index (χ0v) is 25.9. The Morgan fingerprint density at radius 2 is 1.23 bits per heavy atom. The van der Waals surface area contributed by atoms with E-state index in [0.29, 0.717) is 11.1 Å². The van der Waals surface area contributed by atoms with Crippen LogP contribution >= 0.6 is 11.3 Å². The van der Waals surface area contributed by atoms with Crippen molar-refractivity contribution in [2.24, 2.45) is 0 Å². The Bertz CT molecular complexity index is 2920. The number of benzene rings is 7. The number of fused-ring (bicyclic) bond motifs is 9. The van der Waals surface area contributed by atoms with Crippen LogP contribution in [-0.4, -0.2) is 4.57 Å². The Morgan fingerprint density at radius 1 is 0.511 bits per heavy atom. The van der Waals surface area contributed by atoms with E-state index in [0.717, 1.165) is 44.2 Å². The maximum atomic E-state index is 10.2. The quantitative estimate of drug-likeness (QED) is 0.198. The van der Waals surface area contributed by atoms with E-state index in [-0.39, 0.29) is 0 Å². The summed E-state index contributed by atoms with van der Waals surface area (Å²) in [7, 11) is 0. The number of aromatic nitrogens is 1. The van der Waals surface area contributed by atoms with Crippen LogP contribution < -0.4 is 0 Å². The van der Waals surface area contributed by atoms with E-state index in [4.69, 9.17) is 4.42 Å². The molecule has 0 N–H and O–H groups in total. The summed E-state index contributed by atoms with van der Waals surface area (Å²) in [6.07, 6.45) is 0. The molecule has 3 heterocycles. The molecule has 0 aliphatic rings. The first kappa shape index (κ1) is 26.1. The lowest BCUT2D eigenvalue weighted by atomic mass is 9.96. The van der Waals surface area contributed by atoms with Crippen molar-refractivity contribution in [1.82, 2.24) is 4.57 Å². The third kappa shape index (κ3) is 3.78. The molecule has 0 bridgehead atoms. The fraction of sp³-hybridized carbons (Fsp3) is 0. The second-order valence-electron chi connectivity index (χ2n) is 12.0. The van der Waals surface area contributed by atoms with E-state index in [1.807, 2.05) is 23.5 Å². The molecule has 0 fully saturated rings. The highest BCUT2D eigenvalue weighted by atomic mass is 32.1. The van der Waals surface area contributed by atoms with E-state index >= 15 is 0 Å². The first-order valence-corrected chi connectivity index (χ1v) is 16.5. The molecule has 4 heteroatoms. The third-order valence-corrected chi connectivity index (χ3v) is 10.6. The van der Waals surface area contributed by atoms with E-state index in [1.54, 1.807) is 0 Å². The van der Waals surface area contributed by atoms with Gasteiger partial charge in [-0.05, 0) is 70.8 Å². The van der Waals surface area contributed by atoms with Crippen molar-refractivity contribution in [2.45, 2.75) is 0 Å². The van der Waals surface area contributed by atoms with Crippen LogP contribution in [0.1, 0.15) is 5.56 Å². The summed E-state index contributed by atoms with van der Waals surface area (Å²) in [6.45, 7) is 0. The molecule has 0 aliphatic carbocycles. The molecule has 0 amide bonds. The van der Waals surface area contributed by atoms with Crippen LogP contribution in [0.15, 0.2) is 150 Å². The van der Waals surface area contributed by atoms with Crippen LogP contribution in [0, 0.1) is 11.3 Å². The van der Waals surface area contributed by atoms with Gasteiger partial charge in [-0.2, -0.15) is 5.26 Å². The number of nitrogens with zero attached hydrogens (tertiary/aromatic N) is 2. The summed E-state index contributed by atoms with van der Waals surface area (Å²) in [6, 6.07) is 53.7. The van der Waals surface area contributed by atoms with Gasteiger partial charge < -0.3 is 8.98 Å². The topological polar surface area (TPSA) is 41.9 Å². The Morgan fingerprint density at radius 3 is 2.13 bits per heavy atom. The number of rotatable bonds is 3. The molecule has 0 unspecified atom stereocenters. The molecule has 7 aromatic carbocycles. The standard InChI is InChI=1S/C43H24N2OS/c44-25-29-17-20-30(28-19-22-40-35(24-28)32-12-5-7-16-39(32)47-40)41-33-13-8-15-38(43(33)46-42(29)41)45-36-14-6-4-11-31(36)34-23-27(18-21-37(34)45)26-9-2-1-3-10-26/h1-24H. The van der Waals surface area contributed by atoms with Crippen molar-refractivity contribution in [3.8, 4) is 34.0 Å². The second-order valence-corrected chi connectivity index (χ2v) is 13.1. The molecule has 0 saturated heterocycles. The van der Waals surface area contributed by atoms with Gasteiger partial charge in [-0.3, -0.25) is 0 Å². The number of hydrogen-bond donors (Lipinski definition) is 0. The summed E-state index contributed by atoms with van der Waals surface area (Å²) >= 11 is 1.82. The molecular weight excluding hydrogens is 593 g/mol.